The monoisotopic (exact) mass is 258 g/mol. The first kappa shape index (κ1) is 15.9. The Hall–Kier alpha value is -0.160. The first-order valence-electron chi connectivity index (χ1n) is 7.42. The Morgan fingerprint density at radius 1 is 1.33 bits per heavy atom. The molecule has 4 nitrogen and oxygen atoms in total. The normalized spacial score (nSPS) is 20.2. The molecule has 4 heteroatoms. The van der Waals surface area contributed by atoms with Crippen molar-refractivity contribution in [3.8, 4) is 0 Å². The molecule has 2 N–H and O–H groups in total. The Bertz CT molecular complexity index is 194. The maximum absolute atomic E-state index is 8.62. The van der Waals surface area contributed by atoms with E-state index in [2.05, 4.69) is 24.1 Å². The molecule has 1 aliphatic rings. The van der Waals surface area contributed by atoms with E-state index in [0.29, 0.717) is 12.6 Å². The van der Waals surface area contributed by atoms with Crippen LogP contribution in [0.1, 0.15) is 33.1 Å². The van der Waals surface area contributed by atoms with Crippen LogP contribution in [0.4, 0.5) is 0 Å². The minimum Gasteiger partial charge on any atom is -0.394 e. The van der Waals surface area contributed by atoms with Crippen LogP contribution in [0.5, 0.6) is 0 Å². The Labute approximate surface area is 112 Å². The summed E-state index contributed by atoms with van der Waals surface area (Å²) < 4.78 is 5.31. The predicted molar refractivity (Wildman–Crippen MR) is 74.8 cm³/mol. The average Bonchev–Trinajstić information content (AvgIpc) is 2.41. The first-order valence-corrected chi connectivity index (χ1v) is 7.42. The number of hydrogen-bond acceptors (Lipinski definition) is 4. The number of aliphatic hydroxyl groups excluding tert-OH is 1. The van der Waals surface area contributed by atoms with Gasteiger partial charge in [-0.1, -0.05) is 6.92 Å². The number of rotatable bonds is 9. The van der Waals surface area contributed by atoms with E-state index in [4.69, 9.17) is 9.84 Å². The van der Waals surface area contributed by atoms with Crippen LogP contribution in [-0.2, 0) is 4.74 Å². The zero-order valence-corrected chi connectivity index (χ0v) is 12.0. The molecule has 1 unspecified atom stereocenters. The van der Waals surface area contributed by atoms with Gasteiger partial charge in [-0.15, -0.1) is 0 Å². The highest BCUT2D eigenvalue weighted by atomic mass is 16.5. The molecule has 0 aromatic heterocycles. The molecule has 1 heterocycles. The second-order valence-electron chi connectivity index (χ2n) is 5.26. The fourth-order valence-corrected chi connectivity index (χ4v) is 2.58. The van der Waals surface area contributed by atoms with Gasteiger partial charge in [0.05, 0.1) is 19.8 Å². The summed E-state index contributed by atoms with van der Waals surface area (Å²) in [5.41, 5.74) is 0. The molecule has 0 bridgehead atoms. The van der Waals surface area contributed by atoms with Crippen LogP contribution in [0.25, 0.3) is 0 Å². The second-order valence-corrected chi connectivity index (χ2v) is 5.26. The zero-order chi connectivity index (χ0) is 13.2. The molecular formula is C14H30N2O2. The number of ether oxygens (including phenoxy) is 1. The molecule has 0 amide bonds. The lowest BCUT2D eigenvalue weighted by molar-refractivity contribution is 0.0627. The van der Waals surface area contributed by atoms with Gasteiger partial charge in [-0.3, -0.25) is 0 Å². The van der Waals surface area contributed by atoms with E-state index in [0.717, 1.165) is 25.6 Å². The predicted octanol–water partition coefficient (Wildman–Crippen LogP) is 1.10. The maximum atomic E-state index is 8.62. The third-order valence-electron chi connectivity index (χ3n) is 3.84. The molecule has 1 rings (SSSR count). The van der Waals surface area contributed by atoms with Crippen molar-refractivity contribution < 1.29 is 9.84 Å². The van der Waals surface area contributed by atoms with E-state index in [1.165, 1.54) is 32.4 Å². The smallest absolute Gasteiger partial charge is 0.0698 e. The van der Waals surface area contributed by atoms with Crippen molar-refractivity contribution >= 4 is 0 Å². The fraction of sp³-hybridized carbons (Fsp3) is 1.00. The molecule has 1 atom stereocenters. The molecule has 1 aliphatic heterocycles. The van der Waals surface area contributed by atoms with E-state index >= 15 is 0 Å². The number of hydrogen-bond donors (Lipinski definition) is 2. The third kappa shape index (κ3) is 6.14. The zero-order valence-electron chi connectivity index (χ0n) is 12.0. The maximum Gasteiger partial charge on any atom is 0.0698 e. The van der Waals surface area contributed by atoms with Crippen molar-refractivity contribution in [1.29, 1.82) is 0 Å². The lowest BCUT2D eigenvalue weighted by atomic mass is 9.90. The standard InChI is InChI=1S/C14H30N2O2/c1-3-6-15-13(2)14-4-7-16(8-5-14)9-11-18-12-10-17/h13-15,17H,3-12H2,1-2H3. The molecule has 18 heavy (non-hydrogen) atoms. The topological polar surface area (TPSA) is 44.7 Å². The largest absolute Gasteiger partial charge is 0.394 e. The second kappa shape index (κ2) is 9.73. The van der Waals surface area contributed by atoms with Gasteiger partial charge < -0.3 is 20.1 Å². The molecule has 0 aliphatic carbocycles. The van der Waals surface area contributed by atoms with Crippen molar-refractivity contribution in [2.24, 2.45) is 5.92 Å². The molecular weight excluding hydrogens is 228 g/mol. The van der Waals surface area contributed by atoms with Crippen LogP contribution in [0, 0.1) is 5.92 Å². The molecule has 0 radical (unpaired) electrons. The molecule has 1 fully saturated rings. The van der Waals surface area contributed by atoms with Gasteiger partial charge in [-0.2, -0.15) is 0 Å². The van der Waals surface area contributed by atoms with Crippen LogP contribution < -0.4 is 5.32 Å². The van der Waals surface area contributed by atoms with Gasteiger partial charge in [0.15, 0.2) is 0 Å². The quantitative estimate of drug-likeness (QED) is 0.608. The van der Waals surface area contributed by atoms with Gasteiger partial charge in [-0.05, 0) is 51.7 Å². The summed E-state index contributed by atoms with van der Waals surface area (Å²) in [5, 5.41) is 12.2. The lowest BCUT2D eigenvalue weighted by Gasteiger charge is -2.35. The van der Waals surface area contributed by atoms with Gasteiger partial charge in [0.2, 0.25) is 0 Å². The summed E-state index contributed by atoms with van der Waals surface area (Å²) in [4.78, 5) is 2.47. The number of aliphatic hydroxyl groups is 1. The highest BCUT2D eigenvalue weighted by Gasteiger charge is 2.22. The Morgan fingerprint density at radius 2 is 2.06 bits per heavy atom. The summed E-state index contributed by atoms with van der Waals surface area (Å²) in [6, 6.07) is 0.651. The number of likely N-dealkylation sites (tertiary alicyclic amines) is 1. The van der Waals surface area contributed by atoms with Crippen molar-refractivity contribution in [2.45, 2.75) is 39.2 Å². The first-order chi connectivity index (χ1) is 8.77. The van der Waals surface area contributed by atoms with Crippen molar-refractivity contribution in [2.75, 3.05) is 46.0 Å². The van der Waals surface area contributed by atoms with Gasteiger partial charge in [-0.25, -0.2) is 0 Å². The summed E-state index contributed by atoms with van der Waals surface area (Å²) in [7, 11) is 0. The molecule has 0 saturated carbocycles. The van der Waals surface area contributed by atoms with Crippen LogP contribution in [0.2, 0.25) is 0 Å². The van der Waals surface area contributed by atoms with Gasteiger partial charge in [0.25, 0.3) is 0 Å². The fourth-order valence-electron chi connectivity index (χ4n) is 2.58. The van der Waals surface area contributed by atoms with E-state index in [1.54, 1.807) is 0 Å². The molecule has 0 spiro atoms. The van der Waals surface area contributed by atoms with Crippen molar-refractivity contribution in [3.05, 3.63) is 0 Å². The average molecular weight is 258 g/mol. The number of nitrogens with one attached hydrogen (secondary N) is 1. The van der Waals surface area contributed by atoms with Gasteiger partial charge in [0, 0.05) is 12.6 Å². The minimum absolute atomic E-state index is 0.128. The van der Waals surface area contributed by atoms with E-state index in [-0.39, 0.29) is 6.61 Å². The molecule has 1 saturated heterocycles. The Morgan fingerprint density at radius 3 is 2.67 bits per heavy atom. The van der Waals surface area contributed by atoms with Gasteiger partial charge in [0.1, 0.15) is 0 Å². The van der Waals surface area contributed by atoms with E-state index in [1.807, 2.05) is 0 Å². The van der Waals surface area contributed by atoms with Crippen LogP contribution >= 0.6 is 0 Å². The minimum atomic E-state index is 0.128. The highest BCUT2D eigenvalue weighted by Crippen LogP contribution is 2.20. The SMILES string of the molecule is CCCNC(C)C1CCN(CCOCCO)CC1. The summed E-state index contributed by atoms with van der Waals surface area (Å²) in [6.45, 7) is 10.4. The van der Waals surface area contributed by atoms with E-state index < -0.39 is 0 Å². The molecule has 108 valence electrons. The van der Waals surface area contributed by atoms with Crippen LogP contribution in [-0.4, -0.2) is 62.0 Å². The summed E-state index contributed by atoms with van der Waals surface area (Å²) >= 11 is 0. The Balaban J connectivity index is 2.08. The van der Waals surface area contributed by atoms with Crippen LogP contribution in [0.15, 0.2) is 0 Å². The van der Waals surface area contributed by atoms with Crippen molar-refractivity contribution in [3.63, 3.8) is 0 Å². The van der Waals surface area contributed by atoms with Gasteiger partial charge >= 0.3 is 0 Å². The number of piperidine rings is 1. The van der Waals surface area contributed by atoms with E-state index in [9.17, 15) is 0 Å². The lowest BCUT2D eigenvalue weighted by Crippen LogP contribution is -2.43. The van der Waals surface area contributed by atoms with Crippen LogP contribution in [0.3, 0.4) is 0 Å². The molecule has 0 aromatic rings. The third-order valence-corrected chi connectivity index (χ3v) is 3.84. The highest BCUT2D eigenvalue weighted by molar-refractivity contribution is 4.79. The summed E-state index contributed by atoms with van der Waals surface area (Å²) in [5.74, 6) is 0.825. The Kier molecular flexibility index (Phi) is 8.59. The van der Waals surface area contributed by atoms with Crippen molar-refractivity contribution in [1.82, 2.24) is 10.2 Å². The summed E-state index contributed by atoms with van der Waals surface area (Å²) in [6.07, 6.45) is 3.79. The molecule has 0 aromatic carbocycles. The number of nitrogens with zero attached hydrogens (tertiary/aromatic N) is 1.